The molecule has 0 N–H and O–H groups in total. The van der Waals surface area contributed by atoms with E-state index in [1.807, 2.05) is 0 Å². The second-order valence-corrected chi connectivity index (χ2v) is 3.03. The minimum absolute atomic E-state index is 0. The van der Waals surface area contributed by atoms with E-state index in [0.29, 0.717) is 12.8 Å². The van der Waals surface area contributed by atoms with Crippen molar-refractivity contribution < 1.29 is 78.9 Å². The van der Waals surface area contributed by atoms with Crippen LogP contribution in [-0.4, -0.2) is 11.9 Å². The summed E-state index contributed by atoms with van der Waals surface area (Å²) < 4.78 is 0. The van der Waals surface area contributed by atoms with Crippen LogP contribution in [0.25, 0.3) is 0 Å². The fourth-order valence-corrected chi connectivity index (χ4v) is 1.25. The molecule has 0 aliphatic carbocycles. The Labute approximate surface area is 140 Å². The molecule has 0 atom stereocenters. The van der Waals surface area contributed by atoms with E-state index in [0.717, 1.165) is 0 Å². The molecule has 0 spiro atoms. The predicted octanol–water partition coefficient (Wildman–Crippen LogP) is -6.61. The van der Waals surface area contributed by atoms with Crippen LogP contribution in [-0.2, 0) is 9.59 Å². The first kappa shape index (κ1) is 21.9. The predicted molar refractivity (Wildman–Crippen MR) is 46.9 cm³/mol. The molecule has 6 heteroatoms. The maximum absolute atomic E-state index is 10.7. The Hall–Kier alpha value is 0.680. The summed E-state index contributed by atoms with van der Waals surface area (Å²) in [5, 5.41) is 21.3. The molecular formula is C10H14Na2O4. The quantitative estimate of drug-likeness (QED) is 0.344. The van der Waals surface area contributed by atoms with Crippen molar-refractivity contribution >= 4 is 11.9 Å². The van der Waals surface area contributed by atoms with Gasteiger partial charge in [-0.2, -0.15) is 0 Å². The van der Waals surface area contributed by atoms with E-state index in [1.165, 1.54) is 0 Å². The number of hydrogen-bond acceptors (Lipinski definition) is 4. The number of rotatable bonds is 6. The van der Waals surface area contributed by atoms with Crippen LogP contribution in [0.3, 0.4) is 0 Å². The minimum atomic E-state index is -1.40. The molecule has 0 fully saturated rings. The van der Waals surface area contributed by atoms with Crippen molar-refractivity contribution in [3.63, 3.8) is 0 Å². The third-order valence-electron chi connectivity index (χ3n) is 1.86. The monoisotopic (exact) mass is 244 g/mol. The molecule has 0 aliphatic heterocycles. The van der Waals surface area contributed by atoms with Crippen LogP contribution in [0.4, 0.5) is 0 Å². The standard InChI is InChI=1S/C10H16O4.2Na/c1-3-5-7(9(11)12)8(6-4-2)10(13)14;;/h3-6H2,1-2H3,(H,11,12)(H,13,14);;/q;2*+1/p-2/b8-7-;;. The zero-order valence-corrected chi connectivity index (χ0v) is 14.5. The molecule has 0 aromatic heterocycles. The molecule has 0 aromatic rings. The molecule has 16 heavy (non-hydrogen) atoms. The molecule has 80 valence electrons. The molecule has 4 nitrogen and oxygen atoms in total. The third kappa shape index (κ3) is 7.87. The summed E-state index contributed by atoms with van der Waals surface area (Å²) in [6.45, 7) is 3.56. The topological polar surface area (TPSA) is 80.3 Å². The number of carbonyl (C=O) groups excluding carboxylic acids is 2. The van der Waals surface area contributed by atoms with E-state index in [1.54, 1.807) is 13.8 Å². The fraction of sp³-hybridized carbons (Fsp3) is 0.600. The molecule has 0 rings (SSSR count). The maximum Gasteiger partial charge on any atom is 1.00 e. The zero-order valence-electron chi connectivity index (χ0n) is 10.5. The number of carboxylic acid groups (broad SMARTS) is 2. The molecule has 0 aromatic carbocycles. The van der Waals surface area contributed by atoms with E-state index in [-0.39, 0.29) is 83.1 Å². The summed E-state index contributed by atoms with van der Waals surface area (Å²) >= 11 is 0. The van der Waals surface area contributed by atoms with Gasteiger partial charge < -0.3 is 19.8 Å². The summed E-state index contributed by atoms with van der Waals surface area (Å²) in [6, 6.07) is 0. The van der Waals surface area contributed by atoms with Gasteiger partial charge in [-0.05, 0) is 24.0 Å². The first-order chi connectivity index (χ1) is 6.54. The van der Waals surface area contributed by atoms with Gasteiger partial charge in [-0.15, -0.1) is 0 Å². The molecule has 0 bridgehead atoms. The van der Waals surface area contributed by atoms with Crippen molar-refractivity contribution in [2.45, 2.75) is 39.5 Å². The van der Waals surface area contributed by atoms with Gasteiger partial charge in [-0.3, -0.25) is 0 Å². The Kier molecular flexibility index (Phi) is 16.6. The molecule has 0 saturated heterocycles. The van der Waals surface area contributed by atoms with Gasteiger partial charge in [0.05, 0.1) is 11.9 Å². The maximum atomic E-state index is 10.7. The van der Waals surface area contributed by atoms with Gasteiger partial charge in [0.2, 0.25) is 0 Å². The average Bonchev–Trinajstić information content (AvgIpc) is 2.10. The number of carbonyl (C=O) groups is 2. The fourth-order valence-electron chi connectivity index (χ4n) is 1.25. The summed E-state index contributed by atoms with van der Waals surface area (Å²) in [4.78, 5) is 21.3. The van der Waals surface area contributed by atoms with Crippen LogP contribution in [0.2, 0.25) is 0 Å². The molecule has 0 amide bonds. The molecule has 0 aliphatic rings. The van der Waals surface area contributed by atoms with Crippen LogP contribution in [0, 0.1) is 0 Å². The van der Waals surface area contributed by atoms with Crippen LogP contribution in [0.15, 0.2) is 11.1 Å². The molecule has 0 unspecified atom stereocenters. The SMILES string of the molecule is CCC/C(C(=O)[O-])=C(\CCC)C(=O)[O-].[Na+].[Na+]. The zero-order chi connectivity index (χ0) is 11.1. The van der Waals surface area contributed by atoms with Crippen molar-refractivity contribution in [3.8, 4) is 0 Å². The first-order valence-corrected chi connectivity index (χ1v) is 4.69. The first-order valence-electron chi connectivity index (χ1n) is 4.69. The van der Waals surface area contributed by atoms with Gasteiger partial charge in [-0.25, -0.2) is 0 Å². The van der Waals surface area contributed by atoms with E-state index in [4.69, 9.17) is 0 Å². The van der Waals surface area contributed by atoms with Crippen LogP contribution in [0.5, 0.6) is 0 Å². The van der Waals surface area contributed by atoms with E-state index in [9.17, 15) is 19.8 Å². The summed E-state index contributed by atoms with van der Waals surface area (Å²) in [6.07, 6.45) is 1.57. The minimum Gasteiger partial charge on any atom is -0.545 e. The molecule has 0 heterocycles. The average molecular weight is 244 g/mol. The van der Waals surface area contributed by atoms with Gasteiger partial charge in [0.15, 0.2) is 0 Å². The molecule has 0 radical (unpaired) electrons. The molecular weight excluding hydrogens is 230 g/mol. The van der Waals surface area contributed by atoms with Crippen molar-refractivity contribution in [2.75, 3.05) is 0 Å². The van der Waals surface area contributed by atoms with Crippen molar-refractivity contribution in [3.05, 3.63) is 11.1 Å². The van der Waals surface area contributed by atoms with Gasteiger partial charge in [0, 0.05) is 0 Å². The Balaban J connectivity index is -0.000000845. The van der Waals surface area contributed by atoms with Crippen LogP contribution in [0.1, 0.15) is 39.5 Å². The number of hydrogen-bond donors (Lipinski definition) is 0. The van der Waals surface area contributed by atoms with E-state index < -0.39 is 11.9 Å². The van der Waals surface area contributed by atoms with Crippen molar-refractivity contribution in [2.24, 2.45) is 0 Å². The van der Waals surface area contributed by atoms with Crippen molar-refractivity contribution in [1.29, 1.82) is 0 Å². The van der Waals surface area contributed by atoms with Gasteiger partial charge in [0.1, 0.15) is 0 Å². The number of aliphatic carboxylic acids is 2. The summed E-state index contributed by atoms with van der Waals surface area (Å²) in [5.74, 6) is -2.81. The van der Waals surface area contributed by atoms with E-state index >= 15 is 0 Å². The summed E-state index contributed by atoms with van der Waals surface area (Å²) in [7, 11) is 0. The van der Waals surface area contributed by atoms with Gasteiger partial charge in [0.25, 0.3) is 0 Å². The number of carboxylic acids is 2. The Morgan fingerprint density at radius 3 is 1.19 bits per heavy atom. The second kappa shape index (κ2) is 12.1. The van der Waals surface area contributed by atoms with Gasteiger partial charge >= 0.3 is 59.1 Å². The third-order valence-corrected chi connectivity index (χ3v) is 1.86. The Bertz CT molecular complexity index is 236. The van der Waals surface area contributed by atoms with Crippen LogP contribution >= 0.6 is 0 Å². The molecule has 0 saturated carbocycles. The smallest absolute Gasteiger partial charge is 0.545 e. The van der Waals surface area contributed by atoms with Gasteiger partial charge in [-0.1, -0.05) is 26.7 Å². The van der Waals surface area contributed by atoms with E-state index in [2.05, 4.69) is 0 Å². The summed E-state index contributed by atoms with van der Waals surface area (Å²) in [5.41, 5.74) is -0.260. The normalized spacial score (nSPS) is 10.6. The Morgan fingerprint density at radius 1 is 0.812 bits per heavy atom. The largest absolute Gasteiger partial charge is 1.00 e. The Morgan fingerprint density at radius 2 is 1.06 bits per heavy atom. The van der Waals surface area contributed by atoms with Crippen molar-refractivity contribution in [1.82, 2.24) is 0 Å². The second-order valence-electron chi connectivity index (χ2n) is 3.03. The van der Waals surface area contributed by atoms with Crippen LogP contribution < -0.4 is 69.3 Å².